The summed E-state index contributed by atoms with van der Waals surface area (Å²) in [5, 5.41) is 11.5. The van der Waals surface area contributed by atoms with Crippen molar-refractivity contribution in [2.45, 2.75) is 44.6 Å². The van der Waals surface area contributed by atoms with Gasteiger partial charge in [0.2, 0.25) is 0 Å². The normalized spacial score (nSPS) is 16.3. The molecule has 1 unspecified atom stereocenters. The van der Waals surface area contributed by atoms with Gasteiger partial charge in [0.1, 0.15) is 6.10 Å². The summed E-state index contributed by atoms with van der Waals surface area (Å²) in [6.07, 6.45) is 4.93. The predicted octanol–water partition coefficient (Wildman–Crippen LogP) is 2.91. The number of rotatable bonds is 10. The summed E-state index contributed by atoms with van der Waals surface area (Å²) in [4.78, 5) is 22.5. The summed E-state index contributed by atoms with van der Waals surface area (Å²) < 4.78 is 5.26. The molecular weight excluding hydrogens is 282 g/mol. The molecule has 22 heavy (non-hydrogen) atoms. The smallest absolute Gasteiger partial charge is 0.303 e. The lowest BCUT2D eigenvalue weighted by Gasteiger charge is -2.08. The maximum absolute atomic E-state index is 12.2. The molecule has 120 valence electrons. The Bertz CT molecular complexity index is 511. The number of amides is 1. The summed E-state index contributed by atoms with van der Waals surface area (Å²) in [7, 11) is 0. The van der Waals surface area contributed by atoms with Gasteiger partial charge in [0.25, 0.3) is 5.91 Å². The number of epoxide rings is 1. The van der Waals surface area contributed by atoms with E-state index >= 15 is 0 Å². The first-order chi connectivity index (χ1) is 10.7. The molecule has 0 bridgehead atoms. The van der Waals surface area contributed by atoms with Crippen LogP contribution in [0.15, 0.2) is 24.3 Å². The van der Waals surface area contributed by atoms with Gasteiger partial charge >= 0.3 is 5.97 Å². The lowest BCUT2D eigenvalue weighted by Crippen LogP contribution is -2.25. The monoisotopic (exact) mass is 305 g/mol. The third-order valence-electron chi connectivity index (χ3n) is 3.74. The first-order valence-electron chi connectivity index (χ1n) is 7.89. The molecule has 2 rings (SSSR count). The number of carbonyl (C=O) groups is 2. The molecule has 1 saturated heterocycles. The number of carbonyl (C=O) groups excluding carboxylic acids is 1. The van der Waals surface area contributed by atoms with Crippen LogP contribution in [0, 0.1) is 0 Å². The lowest BCUT2D eigenvalue weighted by atomic mass is 10.0. The van der Waals surface area contributed by atoms with Crippen LogP contribution in [0.2, 0.25) is 0 Å². The van der Waals surface area contributed by atoms with E-state index in [2.05, 4.69) is 5.32 Å². The Labute approximate surface area is 130 Å². The summed E-state index contributed by atoms with van der Waals surface area (Å²) in [6.45, 7) is 1.35. The van der Waals surface area contributed by atoms with Gasteiger partial charge in [0.15, 0.2) is 0 Å². The zero-order chi connectivity index (χ0) is 15.8. The molecule has 2 N–H and O–H groups in total. The highest BCUT2D eigenvalue weighted by molar-refractivity contribution is 5.95. The SMILES string of the molecule is O=C(O)CCCCCCCNC(=O)c1ccccc1C1CO1. The van der Waals surface area contributed by atoms with Crippen LogP contribution >= 0.6 is 0 Å². The van der Waals surface area contributed by atoms with Crippen molar-refractivity contribution in [1.29, 1.82) is 0 Å². The van der Waals surface area contributed by atoms with Crippen molar-refractivity contribution >= 4 is 11.9 Å². The molecule has 1 aromatic rings. The van der Waals surface area contributed by atoms with Gasteiger partial charge in [-0.1, -0.05) is 37.5 Å². The number of unbranched alkanes of at least 4 members (excludes halogenated alkanes) is 4. The standard InChI is InChI=1S/C17H23NO4/c19-16(20)10-4-2-1-3-7-11-18-17(21)14-9-6-5-8-13(14)15-12-22-15/h5-6,8-9,15H,1-4,7,10-12H2,(H,18,21)(H,19,20). The molecule has 0 radical (unpaired) electrons. The van der Waals surface area contributed by atoms with Crippen LogP contribution in [0.4, 0.5) is 0 Å². The van der Waals surface area contributed by atoms with Crippen molar-refractivity contribution in [2.24, 2.45) is 0 Å². The van der Waals surface area contributed by atoms with E-state index in [0.717, 1.165) is 37.7 Å². The fourth-order valence-corrected chi connectivity index (χ4v) is 2.44. The topological polar surface area (TPSA) is 78.9 Å². The van der Waals surface area contributed by atoms with Gasteiger partial charge in [-0.25, -0.2) is 0 Å². The average Bonchev–Trinajstić information content (AvgIpc) is 3.34. The van der Waals surface area contributed by atoms with Gasteiger partial charge in [0.05, 0.1) is 6.61 Å². The van der Waals surface area contributed by atoms with Crippen molar-refractivity contribution in [3.05, 3.63) is 35.4 Å². The van der Waals surface area contributed by atoms with Gasteiger partial charge in [-0.2, -0.15) is 0 Å². The molecule has 0 saturated carbocycles. The van der Waals surface area contributed by atoms with Crippen LogP contribution in [-0.2, 0) is 9.53 Å². The lowest BCUT2D eigenvalue weighted by molar-refractivity contribution is -0.137. The quantitative estimate of drug-likeness (QED) is 0.514. The molecule has 1 aliphatic rings. The number of nitrogens with one attached hydrogen (secondary N) is 1. The van der Waals surface area contributed by atoms with E-state index in [0.29, 0.717) is 18.7 Å². The van der Waals surface area contributed by atoms with Crippen LogP contribution in [-0.4, -0.2) is 30.1 Å². The van der Waals surface area contributed by atoms with Crippen LogP contribution in [0.3, 0.4) is 0 Å². The number of hydrogen-bond acceptors (Lipinski definition) is 3. The molecule has 1 aromatic carbocycles. The zero-order valence-corrected chi connectivity index (χ0v) is 12.7. The van der Waals surface area contributed by atoms with Gasteiger partial charge in [-0.3, -0.25) is 9.59 Å². The molecule has 1 fully saturated rings. The summed E-state index contributed by atoms with van der Waals surface area (Å²) in [5.74, 6) is -0.775. The highest BCUT2D eigenvalue weighted by Crippen LogP contribution is 2.31. The molecule has 0 aromatic heterocycles. The van der Waals surface area contributed by atoms with Gasteiger partial charge in [-0.15, -0.1) is 0 Å². The molecule has 0 aliphatic carbocycles. The van der Waals surface area contributed by atoms with Crippen LogP contribution < -0.4 is 5.32 Å². The van der Waals surface area contributed by atoms with E-state index in [-0.39, 0.29) is 18.4 Å². The molecule has 0 spiro atoms. The van der Waals surface area contributed by atoms with Crippen LogP contribution in [0.5, 0.6) is 0 Å². The van der Waals surface area contributed by atoms with Crippen molar-refractivity contribution < 1.29 is 19.4 Å². The second-order valence-corrected chi connectivity index (χ2v) is 5.58. The highest BCUT2D eigenvalue weighted by Gasteiger charge is 2.28. The Morgan fingerprint density at radius 1 is 1.14 bits per heavy atom. The minimum atomic E-state index is -0.731. The minimum Gasteiger partial charge on any atom is -0.481 e. The van der Waals surface area contributed by atoms with Gasteiger partial charge in [-0.05, 0) is 24.5 Å². The van der Waals surface area contributed by atoms with Crippen molar-refractivity contribution in [1.82, 2.24) is 5.32 Å². The summed E-state index contributed by atoms with van der Waals surface area (Å²) in [5.41, 5.74) is 1.67. The summed E-state index contributed by atoms with van der Waals surface area (Å²) >= 11 is 0. The average molecular weight is 305 g/mol. The predicted molar refractivity (Wildman–Crippen MR) is 82.8 cm³/mol. The first-order valence-corrected chi connectivity index (χ1v) is 7.89. The number of hydrogen-bond donors (Lipinski definition) is 2. The molecule has 1 amide bonds. The molecule has 1 aliphatic heterocycles. The van der Waals surface area contributed by atoms with E-state index in [1.54, 1.807) is 0 Å². The second kappa shape index (κ2) is 8.54. The van der Waals surface area contributed by atoms with Gasteiger partial charge < -0.3 is 15.2 Å². The fraction of sp³-hybridized carbons (Fsp3) is 0.529. The Morgan fingerprint density at radius 2 is 1.82 bits per heavy atom. The largest absolute Gasteiger partial charge is 0.481 e. The van der Waals surface area contributed by atoms with Crippen LogP contribution in [0.25, 0.3) is 0 Å². The van der Waals surface area contributed by atoms with Crippen LogP contribution in [0.1, 0.15) is 60.6 Å². The fourth-order valence-electron chi connectivity index (χ4n) is 2.44. The molecular formula is C17H23NO4. The maximum Gasteiger partial charge on any atom is 0.303 e. The maximum atomic E-state index is 12.2. The minimum absolute atomic E-state index is 0.0445. The van der Waals surface area contributed by atoms with E-state index in [9.17, 15) is 9.59 Å². The highest BCUT2D eigenvalue weighted by atomic mass is 16.6. The van der Waals surface area contributed by atoms with Gasteiger partial charge in [0, 0.05) is 18.5 Å². The molecule has 5 heteroatoms. The number of ether oxygens (including phenoxy) is 1. The van der Waals surface area contributed by atoms with E-state index in [4.69, 9.17) is 9.84 Å². The molecule has 1 heterocycles. The number of aliphatic carboxylic acids is 1. The van der Waals surface area contributed by atoms with Crippen molar-refractivity contribution in [3.63, 3.8) is 0 Å². The van der Waals surface area contributed by atoms with Crippen molar-refractivity contribution in [2.75, 3.05) is 13.2 Å². The third-order valence-corrected chi connectivity index (χ3v) is 3.74. The van der Waals surface area contributed by atoms with E-state index in [1.807, 2.05) is 24.3 Å². The van der Waals surface area contributed by atoms with E-state index in [1.165, 1.54) is 0 Å². The summed E-state index contributed by atoms with van der Waals surface area (Å²) in [6, 6.07) is 7.56. The van der Waals surface area contributed by atoms with Crippen molar-refractivity contribution in [3.8, 4) is 0 Å². The third kappa shape index (κ3) is 5.48. The number of benzene rings is 1. The number of carboxylic acid groups (broad SMARTS) is 1. The number of carboxylic acids is 1. The first kappa shape index (κ1) is 16.5. The molecule has 5 nitrogen and oxygen atoms in total. The Balaban J connectivity index is 1.61. The Hall–Kier alpha value is -1.88. The second-order valence-electron chi connectivity index (χ2n) is 5.58. The Morgan fingerprint density at radius 3 is 2.55 bits per heavy atom. The molecule has 1 atom stereocenters. The zero-order valence-electron chi connectivity index (χ0n) is 12.7. The Kier molecular flexibility index (Phi) is 6.40. The van der Waals surface area contributed by atoms with E-state index < -0.39 is 5.97 Å².